The van der Waals surface area contributed by atoms with Crippen molar-refractivity contribution in [3.05, 3.63) is 103 Å². The van der Waals surface area contributed by atoms with Crippen LogP contribution in [0.3, 0.4) is 0 Å². The molecule has 0 aliphatic heterocycles. The molecule has 3 aromatic carbocycles. The van der Waals surface area contributed by atoms with Crippen LogP contribution in [0.25, 0.3) is 44.7 Å². The largest absolute Gasteiger partial charge is 0.456 e. The lowest BCUT2D eigenvalue weighted by molar-refractivity contribution is 0.631. The van der Waals surface area contributed by atoms with Gasteiger partial charge in [-0.3, -0.25) is 4.98 Å². The van der Waals surface area contributed by atoms with Gasteiger partial charge in [0.2, 0.25) is 0 Å². The van der Waals surface area contributed by atoms with Crippen LogP contribution in [0.15, 0.2) is 108 Å². The lowest BCUT2D eigenvalue weighted by Crippen LogP contribution is -1.82. The van der Waals surface area contributed by atoms with Gasteiger partial charge in [-0.2, -0.15) is 0 Å². The predicted octanol–water partition coefficient (Wildman–Crippen LogP) is 6.83. The van der Waals surface area contributed by atoms with E-state index < -0.39 is 0 Å². The van der Waals surface area contributed by atoms with Crippen LogP contribution in [0.2, 0.25) is 0 Å². The number of hydrogen-bond donors (Lipinski definition) is 0. The van der Waals surface area contributed by atoms with Crippen molar-refractivity contribution < 1.29 is 4.42 Å². The average Bonchev–Trinajstić information content (AvgIpc) is 3.19. The van der Waals surface area contributed by atoms with Crippen LogP contribution >= 0.6 is 0 Å². The summed E-state index contributed by atoms with van der Waals surface area (Å²) in [6.45, 7) is 0. The standard InChI is InChI=1S/C25H17NO/c1-2-7-18(8-3-1)19-12-13-24-22(15-19)17-25(27-24)21-10-6-9-20(16-21)23-11-4-5-14-26-23/h1-17H. The van der Waals surface area contributed by atoms with Crippen LogP contribution in [0.4, 0.5) is 0 Å². The highest BCUT2D eigenvalue weighted by atomic mass is 16.3. The number of nitrogens with zero attached hydrogens (tertiary/aromatic N) is 1. The lowest BCUT2D eigenvalue weighted by Gasteiger charge is -2.02. The van der Waals surface area contributed by atoms with Crippen molar-refractivity contribution in [1.82, 2.24) is 4.98 Å². The Labute approximate surface area is 157 Å². The van der Waals surface area contributed by atoms with Crippen LogP contribution in [0.5, 0.6) is 0 Å². The van der Waals surface area contributed by atoms with Crippen LogP contribution < -0.4 is 0 Å². The van der Waals surface area contributed by atoms with E-state index in [9.17, 15) is 0 Å². The van der Waals surface area contributed by atoms with Crippen molar-refractivity contribution in [1.29, 1.82) is 0 Å². The van der Waals surface area contributed by atoms with Gasteiger partial charge in [-0.15, -0.1) is 0 Å². The Balaban J connectivity index is 1.56. The van der Waals surface area contributed by atoms with Crippen molar-refractivity contribution in [2.24, 2.45) is 0 Å². The molecule has 2 heterocycles. The molecule has 0 amide bonds. The van der Waals surface area contributed by atoms with Crippen LogP contribution in [-0.4, -0.2) is 4.98 Å². The number of pyridine rings is 1. The number of rotatable bonds is 3. The molecule has 0 aliphatic rings. The highest BCUT2D eigenvalue weighted by Crippen LogP contribution is 2.32. The smallest absolute Gasteiger partial charge is 0.135 e. The third kappa shape index (κ3) is 3.02. The van der Waals surface area contributed by atoms with Gasteiger partial charge in [0.05, 0.1) is 5.69 Å². The fourth-order valence-electron chi connectivity index (χ4n) is 3.36. The number of aromatic nitrogens is 1. The highest BCUT2D eigenvalue weighted by Gasteiger charge is 2.09. The molecular weight excluding hydrogens is 330 g/mol. The normalized spacial score (nSPS) is 11.0. The third-order valence-corrected chi connectivity index (χ3v) is 4.73. The number of benzene rings is 3. The molecule has 27 heavy (non-hydrogen) atoms. The van der Waals surface area contributed by atoms with Crippen LogP contribution in [0.1, 0.15) is 0 Å². The molecule has 5 rings (SSSR count). The molecule has 0 aliphatic carbocycles. The van der Waals surface area contributed by atoms with Crippen LogP contribution in [0, 0.1) is 0 Å². The second-order valence-electron chi connectivity index (χ2n) is 6.53. The highest BCUT2D eigenvalue weighted by molar-refractivity contribution is 5.87. The number of furan rings is 1. The Kier molecular flexibility index (Phi) is 3.80. The van der Waals surface area contributed by atoms with Crippen molar-refractivity contribution in [3.8, 4) is 33.7 Å². The van der Waals surface area contributed by atoms with E-state index in [1.165, 1.54) is 11.1 Å². The third-order valence-electron chi connectivity index (χ3n) is 4.73. The SMILES string of the molecule is c1ccc(-c2ccc3oc(-c4cccc(-c5ccccn5)c4)cc3c2)cc1. The van der Waals surface area contributed by atoms with Gasteiger partial charge in [0.15, 0.2) is 0 Å². The molecular formula is C25H17NO. The van der Waals surface area contributed by atoms with E-state index in [0.717, 1.165) is 33.6 Å². The van der Waals surface area contributed by atoms with Crippen molar-refractivity contribution >= 4 is 11.0 Å². The fraction of sp³-hybridized carbons (Fsp3) is 0. The van der Waals surface area contributed by atoms with Gasteiger partial charge in [-0.05, 0) is 47.5 Å². The zero-order valence-electron chi connectivity index (χ0n) is 14.7. The van der Waals surface area contributed by atoms with Gasteiger partial charge in [0.25, 0.3) is 0 Å². The molecule has 0 saturated heterocycles. The molecule has 2 aromatic heterocycles. The number of hydrogen-bond acceptors (Lipinski definition) is 2. The summed E-state index contributed by atoms with van der Waals surface area (Å²) in [5, 5.41) is 1.11. The molecule has 0 unspecified atom stereocenters. The van der Waals surface area contributed by atoms with E-state index in [2.05, 4.69) is 65.6 Å². The van der Waals surface area contributed by atoms with E-state index in [1.807, 2.05) is 42.6 Å². The maximum Gasteiger partial charge on any atom is 0.135 e. The minimum Gasteiger partial charge on any atom is -0.456 e. The second-order valence-corrected chi connectivity index (χ2v) is 6.53. The fourth-order valence-corrected chi connectivity index (χ4v) is 3.36. The molecule has 0 fully saturated rings. The quantitative estimate of drug-likeness (QED) is 0.357. The second kappa shape index (κ2) is 6.58. The van der Waals surface area contributed by atoms with Gasteiger partial charge in [-0.1, -0.05) is 60.7 Å². The monoisotopic (exact) mass is 347 g/mol. The molecule has 0 atom stereocenters. The van der Waals surface area contributed by atoms with Gasteiger partial charge in [0.1, 0.15) is 11.3 Å². The Morgan fingerprint density at radius 2 is 1.37 bits per heavy atom. The summed E-state index contributed by atoms with van der Waals surface area (Å²) < 4.78 is 6.12. The summed E-state index contributed by atoms with van der Waals surface area (Å²) in [5.74, 6) is 0.869. The molecule has 0 saturated carbocycles. The van der Waals surface area contributed by atoms with E-state index in [4.69, 9.17) is 4.42 Å². The van der Waals surface area contributed by atoms with Crippen molar-refractivity contribution in [2.45, 2.75) is 0 Å². The molecule has 5 aromatic rings. The summed E-state index contributed by atoms with van der Waals surface area (Å²) in [4.78, 5) is 4.44. The van der Waals surface area contributed by atoms with E-state index in [-0.39, 0.29) is 0 Å². The summed E-state index contributed by atoms with van der Waals surface area (Å²) in [6, 6.07) is 33.1. The Morgan fingerprint density at radius 1 is 0.556 bits per heavy atom. The summed E-state index contributed by atoms with van der Waals surface area (Å²) in [6.07, 6.45) is 1.81. The topological polar surface area (TPSA) is 26.0 Å². The Bertz CT molecular complexity index is 1210. The maximum absolute atomic E-state index is 6.12. The van der Waals surface area contributed by atoms with E-state index in [0.29, 0.717) is 0 Å². The maximum atomic E-state index is 6.12. The predicted molar refractivity (Wildman–Crippen MR) is 110 cm³/mol. The van der Waals surface area contributed by atoms with Gasteiger partial charge < -0.3 is 4.42 Å². The molecule has 0 radical (unpaired) electrons. The zero-order valence-corrected chi connectivity index (χ0v) is 14.7. The zero-order chi connectivity index (χ0) is 18.1. The van der Waals surface area contributed by atoms with Gasteiger partial charge in [0, 0.05) is 22.7 Å². The molecule has 0 N–H and O–H groups in total. The average molecular weight is 347 g/mol. The first-order valence-electron chi connectivity index (χ1n) is 8.98. The lowest BCUT2D eigenvalue weighted by atomic mass is 10.0. The van der Waals surface area contributed by atoms with Crippen molar-refractivity contribution in [3.63, 3.8) is 0 Å². The van der Waals surface area contributed by atoms with Gasteiger partial charge >= 0.3 is 0 Å². The first kappa shape index (κ1) is 15.6. The molecule has 2 nitrogen and oxygen atoms in total. The summed E-state index contributed by atoms with van der Waals surface area (Å²) in [5.41, 5.74) is 6.39. The molecule has 0 bridgehead atoms. The molecule has 0 spiro atoms. The van der Waals surface area contributed by atoms with Crippen LogP contribution in [-0.2, 0) is 0 Å². The molecule has 128 valence electrons. The summed E-state index contributed by atoms with van der Waals surface area (Å²) in [7, 11) is 0. The summed E-state index contributed by atoms with van der Waals surface area (Å²) >= 11 is 0. The minimum absolute atomic E-state index is 0.869. The molecule has 2 heteroatoms. The number of fused-ring (bicyclic) bond motifs is 1. The van der Waals surface area contributed by atoms with Gasteiger partial charge in [-0.25, -0.2) is 0 Å². The van der Waals surface area contributed by atoms with E-state index >= 15 is 0 Å². The Morgan fingerprint density at radius 3 is 2.22 bits per heavy atom. The minimum atomic E-state index is 0.869. The first-order valence-corrected chi connectivity index (χ1v) is 8.98. The Hall–Kier alpha value is -3.65. The van der Waals surface area contributed by atoms with Crippen molar-refractivity contribution in [2.75, 3.05) is 0 Å². The van der Waals surface area contributed by atoms with E-state index in [1.54, 1.807) is 0 Å². The first-order chi connectivity index (χ1) is 13.4.